The Bertz CT molecular complexity index is 597. The average molecular weight is 300 g/mol. The third-order valence-electron chi connectivity index (χ3n) is 2.45. The minimum absolute atomic E-state index is 0.0845. The van der Waals surface area contributed by atoms with Crippen molar-refractivity contribution in [2.75, 3.05) is 12.4 Å². The summed E-state index contributed by atoms with van der Waals surface area (Å²) < 4.78 is 25.2. The minimum Gasteiger partial charge on any atom is -0.352 e. The van der Waals surface area contributed by atoms with Crippen molar-refractivity contribution in [3.63, 3.8) is 0 Å². The largest absolute Gasteiger partial charge is 0.352 e. The van der Waals surface area contributed by atoms with E-state index >= 15 is 0 Å². The van der Waals surface area contributed by atoms with Crippen LogP contribution in [0.2, 0.25) is 0 Å². The molecule has 0 spiro atoms. The molecule has 1 unspecified atom stereocenters. The van der Waals surface area contributed by atoms with Gasteiger partial charge in [-0.3, -0.25) is 4.79 Å². The second-order valence-electron chi connectivity index (χ2n) is 3.95. The van der Waals surface area contributed by atoms with Gasteiger partial charge in [0.2, 0.25) is 15.9 Å². The highest BCUT2D eigenvalue weighted by atomic mass is 32.2. The molecule has 1 aromatic carbocycles. The molecule has 0 heterocycles. The Labute approximate surface area is 116 Å². The molecule has 5 N–H and O–H groups in total. The first-order chi connectivity index (χ1) is 9.26. The molecule has 0 fully saturated rings. The van der Waals surface area contributed by atoms with Gasteiger partial charge in [-0.2, -0.15) is 0 Å². The molecule has 1 rings (SSSR count). The molecule has 0 aromatic heterocycles. The van der Waals surface area contributed by atoms with Crippen molar-refractivity contribution in [1.82, 2.24) is 10.0 Å². The van der Waals surface area contributed by atoms with Crippen LogP contribution >= 0.6 is 0 Å². The predicted molar refractivity (Wildman–Crippen MR) is 73.5 cm³/mol. The molecule has 8 nitrogen and oxygen atoms in total. The van der Waals surface area contributed by atoms with Crippen LogP contribution in [0.1, 0.15) is 6.92 Å². The summed E-state index contributed by atoms with van der Waals surface area (Å²) in [5.74, 6) is -0.465. The van der Waals surface area contributed by atoms with E-state index in [0.717, 1.165) is 0 Å². The molecular formula is C11H16N4O4S. The van der Waals surface area contributed by atoms with Gasteiger partial charge in [0.15, 0.2) is 0 Å². The molecule has 0 aliphatic heterocycles. The monoisotopic (exact) mass is 300 g/mol. The van der Waals surface area contributed by atoms with Crippen LogP contribution in [0.4, 0.5) is 10.5 Å². The third-order valence-corrected chi connectivity index (χ3v) is 3.88. The zero-order valence-corrected chi connectivity index (χ0v) is 11.8. The number of carbonyl (C=O) groups is 2. The number of hydrogen-bond acceptors (Lipinski definition) is 4. The summed E-state index contributed by atoms with van der Waals surface area (Å²) >= 11 is 0. The van der Waals surface area contributed by atoms with Crippen LogP contribution in [0.15, 0.2) is 29.2 Å². The van der Waals surface area contributed by atoms with Gasteiger partial charge in [0, 0.05) is 5.69 Å². The average Bonchev–Trinajstić information content (AvgIpc) is 2.38. The van der Waals surface area contributed by atoms with Crippen LogP contribution in [-0.2, 0) is 14.8 Å². The Morgan fingerprint density at radius 1 is 1.20 bits per heavy atom. The van der Waals surface area contributed by atoms with Gasteiger partial charge in [-0.05, 0) is 38.2 Å². The first kappa shape index (κ1) is 15.9. The molecule has 0 radical (unpaired) electrons. The second-order valence-corrected chi connectivity index (χ2v) is 5.84. The standard InChI is InChI=1S/C11H16N4O4S/c1-7(14-11(12)17)10(16)15-8-3-5-9(6-4-8)20(18,19)13-2/h3-7,13H,1-2H3,(H,15,16)(H3,12,14,17). The van der Waals surface area contributed by atoms with Crippen LogP contribution in [0.5, 0.6) is 0 Å². The fourth-order valence-electron chi connectivity index (χ4n) is 1.36. The summed E-state index contributed by atoms with van der Waals surface area (Å²) in [4.78, 5) is 22.4. The lowest BCUT2D eigenvalue weighted by Crippen LogP contribution is -2.44. The summed E-state index contributed by atoms with van der Waals surface area (Å²) in [5, 5.41) is 4.75. The van der Waals surface area contributed by atoms with Gasteiger partial charge in [0.1, 0.15) is 6.04 Å². The van der Waals surface area contributed by atoms with E-state index in [9.17, 15) is 18.0 Å². The third kappa shape index (κ3) is 4.21. The number of primary amides is 1. The van der Waals surface area contributed by atoms with Gasteiger partial charge in [-0.15, -0.1) is 0 Å². The highest BCUT2D eigenvalue weighted by Crippen LogP contribution is 2.13. The number of amides is 3. The molecule has 0 aliphatic carbocycles. The van der Waals surface area contributed by atoms with Crippen molar-refractivity contribution in [2.24, 2.45) is 5.73 Å². The van der Waals surface area contributed by atoms with E-state index in [2.05, 4.69) is 15.4 Å². The number of carbonyl (C=O) groups excluding carboxylic acids is 2. The highest BCUT2D eigenvalue weighted by molar-refractivity contribution is 7.89. The molecule has 0 saturated carbocycles. The predicted octanol–water partition coefficient (Wildman–Crippen LogP) is -0.410. The number of sulfonamides is 1. The molecule has 9 heteroatoms. The fourth-order valence-corrected chi connectivity index (χ4v) is 2.09. The number of benzene rings is 1. The summed E-state index contributed by atoms with van der Waals surface area (Å²) in [5.41, 5.74) is 5.31. The number of nitrogens with two attached hydrogens (primary N) is 1. The lowest BCUT2D eigenvalue weighted by molar-refractivity contribution is -0.117. The summed E-state index contributed by atoms with van der Waals surface area (Å²) in [6, 6.07) is 4.00. The maximum Gasteiger partial charge on any atom is 0.312 e. The highest BCUT2D eigenvalue weighted by Gasteiger charge is 2.15. The minimum atomic E-state index is -3.51. The molecule has 3 amide bonds. The quantitative estimate of drug-likeness (QED) is 0.588. The van der Waals surface area contributed by atoms with Gasteiger partial charge < -0.3 is 16.4 Å². The van der Waals surface area contributed by atoms with Gasteiger partial charge in [0.25, 0.3) is 0 Å². The van der Waals surface area contributed by atoms with E-state index in [1.165, 1.54) is 38.2 Å². The summed E-state index contributed by atoms with van der Waals surface area (Å²) in [6.45, 7) is 1.47. The van der Waals surface area contributed by atoms with Gasteiger partial charge in [0.05, 0.1) is 4.90 Å². The van der Waals surface area contributed by atoms with Gasteiger partial charge in [-0.25, -0.2) is 17.9 Å². The summed E-state index contributed by atoms with van der Waals surface area (Å²) in [6.07, 6.45) is 0. The Morgan fingerprint density at radius 2 is 1.75 bits per heavy atom. The maximum absolute atomic E-state index is 11.7. The number of nitrogens with one attached hydrogen (secondary N) is 3. The van der Waals surface area contributed by atoms with Crippen molar-refractivity contribution < 1.29 is 18.0 Å². The van der Waals surface area contributed by atoms with E-state index in [0.29, 0.717) is 5.69 Å². The fraction of sp³-hybridized carbons (Fsp3) is 0.273. The number of rotatable bonds is 5. The van der Waals surface area contributed by atoms with Crippen molar-refractivity contribution in [1.29, 1.82) is 0 Å². The maximum atomic E-state index is 11.7. The van der Waals surface area contributed by atoms with E-state index in [1.807, 2.05) is 0 Å². The van der Waals surface area contributed by atoms with Crippen LogP contribution < -0.4 is 21.1 Å². The van der Waals surface area contributed by atoms with Crippen molar-refractivity contribution in [3.8, 4) is 0 Å². The lowest BCUT2D eigenvalue weighted by atomic mass is 10.2. The zero-order chi connectivity index (χ0) is 15.3. The smallest absolute Gasteiger partial charge is 0.312 e. The van der Waals surface area contributed by atoms with E-state index in [4.69, 9.17) is 5.73 Å². The molecule has 1 aromatic rings. The molecular weight excluding hydrogens is 284 g/mol. The molecule has 110 valence electrons. The number of anilines is 1. The van der Waals surface area contributed by atoms with E-state index < -0.39 is 28.0 Å². The van der Waals surface area contributed by atoms with E-state index in [1.54, 1.807) is 0 Å². The van der Waals surface area contributed by atoms with Gasteiger partial charge >= 0.3 is 6.03 Å². The van der Waals surface area contributed by atoms with E-state index in [-0.39, 0.29) is 4.90 Å². The Hall–Kier alpha value is -2.13. The van der Waals surface area contributed by atoms with Crippen LogP contribution in [0.3, 0.4) is 0 Å². The SMILES string of the molecule is CNS(=O)(=O)c1ccc(NC(=O)C(C)NC(N)=O)cc1. The van der Waals surface area contributed by atoms with Crippen LogP contribution in [0, 0.1) is 0 Å². The van der Waals surface area contributed by atoms with Crippen LogP contribution in [0.25, 0.3) is 0 Å². The Kier molecular flexibility index (Phi) is 5.06. The molecule has 1 atom stereocenters. The molecule has 0 saturated heterocycles. The van der Waals surface area contributed by atoms with Crippen molar-refractivity contribution in [2.45, 2.75) is 17.9 Å². The first-order valence-electron chi connectivity index (χ1n) is 5.66. The molecule has 0 bridgehead atoms. The molecule has 0 aliphatic rings. The normalized spacial score (nSPS) is 12.5. The second kappa shape index (κ2) is 6.35. The Morgan fingerprint density at radius 3 is 2.20 bits per heavy atom. The number of hydrogen-bond donors (Lipinski definition) is 4. The molecule has 20 heavy (non-hydrogen) atoms. The number of urea groups is 1. The zero-order valence-electron chi connectivity index (χ0n) is 11.0. The lowest BCUT2D eigenvalue weighted by Gasteiger charge is -2.12. The first-order valence-corrected chi connectivity index (χ1v) is 7.15. The topological polar surface area (TPSA) is 130 Å². The van der Waals surface area contributed by atoms with Gasteiger partial charge in [-0.1, -0.05) is 0 Å². The summed E-state index contributed by atoms with van der Waals surface area (Å²) in [7, 11) is -2.20. The Balaban J connectivity index is 2.76. The van der Waals surface area contributed by atoms with Crippen molar-refractivity contribution >= 4 is 27.6 Å². The van der Waals surface area contributed by atoms with Crippen molar-refractivity contribution in [3.05, 3.63) is 24.3 Å². The van der Waals surface area contributed by atoms with Crippen LogP contribution in [-0.4, -0.2) is 33.4 Å².